The van der Waals surface area contributed by atoms with Gasteiger partial charge in [-0.1, -0.05) is 11.3 Å². The monoisotopic (exact) mass is 210 g/mol. The summed E-state index contributed by atoms with van der Waals surface area (Å²) < 4.78 is 4.91. The number of aromatic carboxylic acids is 1. The Kier molecular flexibility index (Phi) is 2.05. The molecule has 0 radical (unpaired) electrons. The highest BCUT2D eigenvalue weighted by Crippen LogP contribution is 2.22. The van der Waals surface area contributed by atoms with Crippen molar-refractivity contribution in [3.63, 3.8) is 0 Å². The minimum Gasteiger partial charge on any atom is -0.481 e. The van der Waals surface area contributed by atoms with E-state index in [4.69, 9.17) is 9.84 Å². The van der Waals surface area contributed by atoms with Gasteiger partial charge in [0.2, 0.25) is 10.9 Å². The van der Waals surface area contributed by atoms with E-state index in [0.29, 0.717) is 16.2 Å². The van der Waals surface area contributed by atoms with Gasteiger partial charge in [0.05, 0.1) is 7.11 Å². The third-order valence-corrected chi connectivity index (χ3v) is 2.58. The predicted molar refractivity (Wildman–Crippen MR) is 50.9 cm³/mol. The molecule has 5 nitrogen and oxygen atoms in total. The maximum absolute atomic E-state index is 10.6. The molecule has 2 rings (SSSR count). The topological polar surface area (TPSA) is 72.3 Å². The molecule has 0 unspecified atom stereocenters. The molecule has 0 aliphatic carbocycles. The predicted octanol–water partition coefficient (Wildman–Crippen LogP) is 1.40. The summed E-state index contributed by atoms with van der Waals surface area (Å²) in [6.45, 7) is 0. The first-order valence-electron chi connectivity index (χ1n) is 3.75. The number of ether oxygens (including phenoxy) is 1. The van der Waals surface area contributed by atoms with Gasteiger partial charge in [-0.2, -0.15) is 0 Å². The average molecular weight is 210 g/mol. The fraction of sp³-hybridized carbons (Fsp3) is 0.125. The van der Waals surface area contributed by atoms with E-state index >= 15 is 0 Å². The van der Waals surface area contributed by atoms with Crippen molar-refractivity contribution in [2.75, 3.05) is 7.11 Å². The highest BCUT2D eigenvalue weighted by Gasteiger charge is 2.11. The number of rotatable bonds is 2. The molecule has 0 saturated carbocycles. The number of hydrogen-bond acceptors (Lipinski definition) is 5. The maximum Gasteiger partial charge on any atom is 0.365 e. The Bertz CT molecular complexity index is 494. The van der Waals surface area contributed by atoms with Crippen LogP contribution in [0.5, 0.6) is 5.88 Å². The molecule has 72 valence electrons. The number of carboxylic acid groups (broad SMARTS) is 1. The molecular formula is C8H6N2O3S. The van der Waals surface area contributed by atoms with Crippen molar-refractivity contribution < 1.29 is 14.6 Å². The highest BCUT2D eigenvalue weighted by atomic mass is 32.1. The van der Waals surface area contributed by atoms with Crippen LogP contribution in [0.15, 0.2) is 12.1 Å². The average Bonchev–Trinajstić information content (AvgIpc) is 2.59. The molecule has 0 aliphatic heterocycles. The summed E-state index contributed by atoms with van der Waals surface area (Å²) in [7, 11) is 1.51. The molecule has 2 aromatic rings. The molecular weight excluding hydrogens is 204 g/mol. The van der Waals surface area contributed by atoms with Crippen LogP contribution >= 0.6 is 11.3 Å². The number of nitrogens with zero attached hydrogens (tertiary/aromatic N) is 2. The van der Waals surface area contributed by atoms with Crippen molar-refractivity contribution in [1.82, 2.24) is 9.97 Å². The second kappa shape index (κ2) is 3.22. The van der Waals surface area contributed by atoms with Crippen molar-refractivity contribution in [1.29, 1.82) is 0 Å². The molecule has 2 heterocycles. The van der Waals surface area contributed by atoms with Gasteiger partial charge in [0.1, 0.15) is 10.3 Å². The van der Waals surface area contributed by atoms with E-state index in [1.807, 2.05) is 0 Å². The first-order chi connectivity index (χ1) is 6.70. The van der Waals surface area contributed by atoms with Gasteiger partial charge in [-0.05, 0) is 6.07 Å². The molecule has 6 heteroatoms. The summed E-state index contributed by atoms with van der Waals surface area (Å²) in [5.74, 6) is -0.579. The molecule has 0 bridgehead atoms. The molecule has 2 aromatic heterocycles. The zero-order valence-electron chi connectivity index (χ0n) is 7.22. The summed E-state index contributed by atoms with van der Waals surface area (Å²) in [6.07, 6.45) is 0. The summed E-state index contributed by atoms with van der Waals surface area (Å²) in [5.41, 5.74) is 0.577. The Morgan fingerprint density at radius 2 is 2.29 bits per heavy atom. The number of fused-ring (bicyclic) bond motifs is 1. The van der Waals surface area contributed by atoms with Gasteiger partial charge in [0.15, 0.2) is 0 Å². The van der Waals surface area contributed by atoms with Crippen LogP contribution < -0.4 is 4.74 Å². The minimum absolute atomic E-state index is 0.0424. The van der Waals surface area contributed by atoms with Gasteiger partial charge in [0.25, 0.3) is 0 Å². The van der Waals surface area contributed by atoms with Gasteiger partial charge in [0, 0.05) is 6.07 Å². The van der Waals surface area contributed by atoms with E-state index in [1.54, 1.807) is 12.1 Å². The fourth-order valence-corrected chi connectivity index (χ4v) is 1.77. The van der Waals surface area contributed by atoms with E-state index in [0.717, 1.165) is 11.3 Å². The normalized spacial score (nSPS) is 10.4. The van der Waals surface area contributed by atoms with E-state index in [1.165, 1.54) is 7.11 Å². The number of thiazole rings is 1. The third kappa shape index (κ3) is 1.39. The fourth-order valence-electron chi connectivity index (χ4n) is 1.01. The lowest BCUT2D eigenvalue weighted by atomic mass is 10.4. The molecule has 0 aliphatic rings. The summed E-state index contributed by atoms with van der Waals surface area (Å²) in [4.78, 5) is 19.1. The SMILES string of the molecule is COc1ccc2nc(C(=O)O)sc2n1. The molecule has 0 aromatic carbocycles. The number of carboxylic acids is 1. The van der Waals surface area contributed by atoms with E-state index < -0.39 is 5.97 Å². The largest absolute Gasteiger partial charge is 0.481 e. The van der Waals surface area contributed by atoms with Crippen LogP contribution in [0.4, 0.5) is 0 Å². The van der Waals surface area contributed by atoms with Crippen molar-refractivity contribution in [2.24, 2.45) is 0 Å². The molecule has 0 atom stereocenters. The van der Waals surface area contributed by atoms with Gasteiger partial charge in [-0.3, -0.25) is 0 Å². The maximum atomic E-state index is 10.6. The lowest BCUT2D eigenvalue weighted by Crippen LogP contribution is -1.93. The standard InChI is InChI=1S/C8H6N2O3S/c1-13-5-3-2-4-6(10-5)14-7(9-4)8(11)12/h2-3H,1H3,(H,11,12). The van der Waals surface area contributed by atoms with Gasteiger partial charge in [-0.15, -0.1) is 0 Å². The van der Waals surface area contributed by atoms with Crippen LogP contribution in [-0.4, -0.2) is 28.2 Å². The Hall–Kier alpha value is -1.69. The summed E-state index contributed by atoms with van der Waals surface area (Å²) in [5, 5.41) is 8.74. The zero-order chi connectivity index (χ0) is 10.1. The number of aromatic nitrogens is 2. The van der Waals surface area contributed by atoms with Crippen LogP contribution in [0.2, 0.25) is 0 Å². The van der Waals surface area contributed by atoms with Crippen LogP contribution in [-0.2, 0) is 0 Å². The quantitative estimate of drug-likeness (QED) is 0.811. The second-order valence-corrected chi connectivity index (χ2v) is 3.48. The van der Waals surface area contributed by atoms with Crippen LogP contribution in [0.25, 0.3) is 10.3 Å². The number of hydrogen-bond donors (Lipinski definition) is 1. The first-order valence-corrected chi connectivity index (χ1v) is 4.57. The highest BCUT2D eigenvalue weighted by molar-refractivity contribution is 7.19. The Labute approximate surface area is 83.0 Å². The van der Waals surface area contributed by atoms with Crippen LogP contribution in [0.3, 0.4) is 0 Å². The van der Waals surface area contributed by atoms with E-state index in [2.05, 4.69) is 9.97 Å². The molecule has 0 saturated heterocycles. The second-order valence-electron chi connectivity index (χ2n) is 2.50. The van der Waals surface area contributed by atoms with Crippen molar-refractivity contribution in [3.8, 4) is 5.88 Å². The Balaban J connectivity index is 2.60. The zero-order valence-corrected chi connectivity index (χ0v) is 8.04. The lowest BCUT2D eigenvalue weighted by Gasteiger charge is -1.94. The lowest BCUT2D eigenvalue weighted by molar-refractivity contribution is 0.0696. The summed E-state index contributed by atoms with van der Waals surface area (Å²) >= 11 is 1.03. The molecule has 14 heavy (non-hydrogen) atoms. The van der Waals surface area contributed by atoms with Crippen molar-refractivity contribution >= 4 is 27.7 Å². The van der Waals surface area contributed by atoms with Crippen LogP contribution in [0.1, 0.15) is 9.80 Å². The Morgan fingerprint density at radius 1 is 1.50 bits per heavy atom. The molecule has 0 amide bonds. The Morgan fingerprint density at radius 3 is 2.93 bits per heavy atom. The molecule has 0 spiro atoms. The first kappa shape index (κ1) is 8.89. The number of carbonyl (C=O) groups is 1. The molecule has 1 N–H and O–H groups in total. The third-order valence-electron chi connectivity index (χ3n) is 1.62. The van der Waals surface area contributed by atoms with E-state index in [9.17, 15) is 4.79 Å². The van der Waals surface area contributed by atoms with Gasteiger partial charge >= 0.3 is 5.97 Å². The van der Waals surface area contributed by atoms with Crippen LogP contribution in [0, 0.1) is 0 Å². The van der Waals surface area contributed by atoms with Gasteiger partial charge < -0.3 is 9.84 Å². The number of pyridine rings is 1. The smallest absolute Gasteiger partial charge is 0.365 e. The molecule has 0 fully saturated rings. The summed E-state index contributed by atoms with van der Waals surface area (Å²) in [6, 6.07) is 3.33. The minimum atomic E-state index is -1.04. The van der Waals surface area contributed by atoms with Gasteiger partial charge in [-0.25, -0.2) is 14.8 Å². The van der Waals surface area contributed by atoms with Crippen molar-refractivity contribution in [2.45, 2.75) is 0 Å². The van der Waals surface area contributed by atoms with E-state index in [-0.39, 0.29) is 5.01 Å². The van der Waals surface area contributed by atoms with Crippen molar-refractivity contribution in [3.05, 3.63) is 17.1 Å². The number of methoxy groups -OCH3 is 1.